The number of ether oxygens (including phenoxy) is 4. The number of phenols is 1. The summed E-state index contributed by atoms with van der Waals surface area (Å²) >= 11 is 0. The van der Waals surface area contributed by atoms with Crippen molar-refractivity contribution in [2.24, 2.45) is 0 Å². The van der Waals surface area contributed by atoms with Crippen molar-refractivity contribution in [3.05, 3.63) is 203 Å². The molecule has 400 valence electrons. The van der Waals surface area contributed by atoms with Crippen molar-refractivity contribution in [3.8, 4) is 45.7 Å². The Kier molecular flexibility index (Phi) is 20.8. The third-order valence-corrected chi connectivity index (χ3v) is 13.0. The second-order valence-corrected chi connectivity index (χ2v) is 19.1. The van der Waals surface area contributed by atoms with Gasteiger partial charge in [0.15, 0.2) is 23.9 Å². The predicted octanol–water partition coefficient (Wildman–Crippen LogP) is 9.17. The van der Waals surface area contributed by atoms with Crippen LogP contribution in [0.15, 0.2) is 152 Å². The third-order valence-electron chi connectivity index (χ3n) is 13.0. The van der Waals surface area contributed by atoms with E-state index in [-0.39, 0.29) is 85.6 Å². The third kappa shape index (κ3) is 16.9. The molecule has 6 aromatic heterocycles. The van der Waals surface area contributed by atoms with Gasteiger partial charge in [0, 0.05) is 64.4 Å². The summed E-state index contributed by atoms with van der Waals surface area (Å²) in [6, 6.07) is 48.9. The zero-order valence-corrected chi connectivity index (χ0v) is 46.2. The van der Waals surface area contributed by atoms with Crippen molar-refractivity contribution >= 4 is 23.8 Å². The number of nitrogens with zero attached hydrogens (tertiary/aromatic N) is 8. The molecule has 0 atom stereocenters. The Bertz CT molecular complexity index is 3270. The summed E-state index contributed by atoms with van der Waals surface area (Å²) in [6.07, 6.45) is 4.68. The van der Waals surface area contributed by atoms with E-state index in [0.29, 0.717) is 109 Å². The molecule has 1 amide bonds. The summed E-state index contributed by atoms with van der Waals surface area (Å²) in [5.74, 6) is -0.170. The number of ketones is 1. The first-order valence-electron chi connectivity index (χ1n) is 26.3. The van der Waals surface area contributed by atoms with Crippen molar-refractivity contribution in [2.45, 2.75) is 52.1 Å². The summed E-state index contributed by atoms with van der Waals surface area (Å²) < 4.78 is 22.7. The first-order valence-corrected chi connectivity index (χ1v) is 26.3. The van der Waals surface area contributed by atoms with Crippen molar-refractivity contribution in [1.29, 1.82) is 0 Å². The number of hydrogen-bond donors (Lipinski definition) is 2. The van der Waals surface area contributed by atoms with Crippen LogP contribution in [-0.4, -0.2) is 109 Å². The molecule has 0 saturated carbocycles. The number of benzene rings is 2. The number of phenolic OH excluding ortho intramolecular Hbond substituents is 1. The fourth-order valence-corrected chi connectivity index (χ4v) is 9.21. The van der Waals surface area contributed by atoms with Crippen LogP contribution in [-0.2, 0) is 58.3 Å². The average Bonchev–Trinajstić information content (AvgIpc) is 3.46. The van der Waals surface area contributed by atoms with E-state index in [1.807, 2.05) is 146 Å². The molecular weight excluding hydrogens is 1130 g/mol. The van der Waals surface area contributed by atoms with E-state index in [1.54, 1.807) is 12.1 Å². The number of pyridine rings is 6. The van der Waals surface area contributed by atoms with Gasteiger partial charge in [-0.25, -0.2) is 29.9 Å². The molecule has 17 heteroatoms. The topological polar surface area (TPSA) is 187 Å². The SMILES string of the molecule is O=C(COc1cc(/C=C/c2ccccc2)ccc1O)NCCOCCOCCOCCCC(=O)c1cc2nc(c1)-c1cccc(n1)CN1Cc3cccc(n3)-c3cccc(n3)CN(Cc3cccc(n3)-c3cccc(n3)C1)C2.[Eu+3]. The summed E-state index contributed by atoms with van der Waals surface area (Å²) in [7, 11) is 0. The number of rotatable bonds is 19. The molecule has 9 heterocycles. The Morgan fingerprint density at radius 2 is 0.937 bits per heavy atom. The Labute approximate surface area is 500 Å². The first-order chi connectivity index (χ1) is 38.3. The number of nitrogens with one attached hydrogen (secondary N) is 1. The van der Waals surface area contributed by atoms with E-state index in [1.165, 1.54) is 6.07 Å². The Morgan fingerprint density at radius 3 is 1.47 bits per heavy atom. The normalized spacial score (nSPS) is 14.7. The molecule has 0 radical (unpaired) electrons. The summed E-state index contributed by atoms with van der Waals surface area (Å²) in [4.78, 5) is 61.9. The van der Waals surface area contributed by atoms with Crippen LogP contribution in [0.5, 0.6) is 11.5 Å². The number of aromatic nitrogens is 6. The number of carbonyl (C=O) groups is 2. The minimum atomic E-state index is -0.334. The maximum absolute atomic E-state index is 14.1. The number of carbonyl (C=O) groups excluding carboxylic acids is 2. The summed E-state index contributed by atoms with van der Waals surface area (Å²) in [5, 5.41) is 13.0. The van der Waals surface area contributed by atoms with Gasteiger partial charge in [0.2, 0.25) is 0 Å². The second kappa shape index (κ2) is 28.9. The van der Waals surface area contributed by atoms with Gasteiger partial charge in [0.1, 0.15) is 0 Å². The van der Waals surface area contributed by atoms with E-state index >= 15 is 0 Å². The second-order valence-electron chi connectivity index (χ2n) is 19.1. The molecule has 3 aliphatic heterocycles. The van der Waals surface area contributed by atoms with E-state index in [4.69, 9.17) is 48.9 Å². The molecule has 0 unspecified atom stereocenters. The molecule has 11 rings (SSSR count). The molecule has 0 saturated heterocycles. The maximum Gasteiger partial charge on any atom is 3.00 e. The molecule has 0 aliphatic carbocycles. The predicted molar refractivity (Wildman–Crippen MR) is 296 cm³/mol. The van der Waals surface area contributed by atoms with Gasteiger partial charge < -0.3 is 29.4 Å². The van der Waals surface area contributed by atoms with E-state index in [2.05, 4.69) is 15.1 Å². The van der Waals surface area contributed by atoms with Gasteiger partial charge in [-0.2, -0.15) is 0 Å². The molecule has 14 bridgehead atoms. The van der Waals surface area contributed by atoms with Crippen LogP contribution < -0.4 is 10.1 Å². The summed E-state index contributed by atoms with van der Waals surface area (Å²) in [6.45, 7) is 5.10. The van der Waals surface area contributed by atoms with Crippen molar-refractivity contribution in [1.82, 2.24) is 45.0 Å². The summed E-state index contributed by atoms with van der Waals surface area (Å²) in [5.41, 5.74) is 12.0. The van der Waals surface area contributed by atoms with Gasteiger partial charge in [0.25, 0.3) is 5.91 Å². The molecule has 0 fully saturated rings. The number of aromatic hydroxyl groups is 1. The molecule has 2 N–H and O–H groups in total. The number of Topliss-reactive ketones (excluding diaryl/α,β-unsaturated/α-hetero) is 1. The van der Waals surface area contributed by atoms with Crippen LogP contribution in [0.3, 0.4) is 0 Å². The van der Waals surface area contributed by atoms with Crippen LogP contribution in [0.4, 0.5) is 0 Å². The molecular formula is C62H61EuN9O7+3. The quantitative estimate of drug-likeness (QED) is 0.0443. The van der Waals surface area contributed by atoms with E-state index in [9.17, 15) is 14.7 Å². The molecule has 8 aromatic rings. The fourth-order valence-electron chi connectivity index (χ4n) is 9.21. The van der Waals surface area contributed by atoms with Crippen LogP contribution in [0.2, 0.25) is 0 Å². The molecule has 3 aliphatic rings. The molecule has 79 heavy (non-hydrogen) atoms. The monoisotopic (exact) mass is 1200 g/mol. The maximum atomic E-state index is 14.1. The van der Waals surface area contributed by atoms with E-state index in [0.717, 1.165) is 68.1 Å². The van der Waals surface area contributed by atoms with Crippen LogP contribution in [0.25, 0.3) is 46.3 Å². The number of amides is 1. The van der Waals surface area contributed by atoms with Gasteiger partial charge in [-0.1, -0.05) is 78.9 Å². The Hall–Kier alpha value is -6.80. The standard InChI is InChI=1S/C62H61N9O7.Eu/c72-59(22-9-28-75-30-32-77-33-31-76-29-27-63-62(74)43-78-61-34-45(25-26-60(61)73)24-23-44-10-2-1-3-11-44)46-35-52-42-71-40-49-14-6-19-55(66-49)53-17-4-12-47(64-53)37-70(39-51-16-8-21-57(68-51)58(36-46)69-52)38-48-13-5-18-54(65-48)56-20-7-15-50(41-71)67-56;/h1-8,10-21,23-26,34-36,73H,9,22,27-33,37-43H2,(H,63,74);/q;+3/b24-23+;. The largest absolute Gasteiger partial charge is 3.00 e. The zero-order chi connectivity index (χ0) is 53.3. The Balaban J connectivity index is 0.00000757. The minimum Gasteiger partial charge on any atom is -0.504 e. The first kappa shape index (κ1) is 56.9. The van der Waals surface area contributed by atoms with Crippen LogP contribution in [0, 0.1) is 49.4 Å². The zero-order valence-electron chi connectivity index (χ0n) is 43.8. The van der Waals surface area contributed by atoms with Gasteiger partial charge in [-0.05, 0) is 102 Å². The van der Waals surface area contributed by atoms with Crippen molar-refractivity contribution in [2.75, 3.05) is 52.8 Å². The molecule has 16 nitrogen and oxygen atoms in total. The van der Waals surface area contributed by atoms with Gasteiger partial charge in [0.05, 0.1) is 101 Å². The average molecular weight is 1200 g/mol. The minimum absolute atomic E-state index is 0. The smallest absolute Gasteiger partial charge is 0.504 e. The van der Waals surface area contributed by atoms with Gasteiger partial charge >= 0.3 is 49.4 Å². The molecule has 2 aromatic carbocycles. The van der Waals surface area contributed by atoms with Crippen molar-refractivity contribution in [3.63, 3.8) is 0 Å². The van der Waals surface area contributed by atoms with E-state index < -0.39 is 0 Å². The van der Waals surface area contributed by atoms with Crippen LogP contribution >= 0.6 is 0 Å². The Morgan fingerprint density at radius 1 is 0.481 bits per heavy atom. The van der Waals surface area contributed by atoms with Gasteiger partial charge in [-0.3, -0.25) is 19.4 Å². The molecule has 0 spiro atoms. The van der Waals surface area contributed by atoms with Crippen LogP contribution in [0.1, 0.15) is 68.5 Å². The van der Waals surface area contributed by atoms with Crippen molar-refractivity contribution < 1.29 is 83.0 Å². The van der Waals surface area contributed by atoms with Gasteiger partial charge in [-0.15, -0.1) is 0 Å². The fraction of sp³-hybridized carbons (Fsp3) is 0.258. The number of hydrogen-bond acceptors (Lipinski definition) is 15.